The van der Waals surface area contributed by atoms with Gasteiger partial charge < -0.3 is 9.88 Å². The Morgan fingerprint density at radius 2 is 1.82 bits per heavy atom. The summed E-state index contributed by atoms with van der Waals surface area (Å²) >= 11 is 0. The molecule has 144 valence electrons. The number of hydrogen-bond acceptors (Lipinski definition) is 3. The third-order valence-electron chi connectivity index (χ3n) is 5.50. The highest BCUT2D eigenvalue weighted by Gasteiger charge is 2.33. The molecule has 5 nitrogen and oxygen atoms in total. The van der Waals surface area contributed by atoms with Gasteiger partial charge in [0.1, 0.15) is 0 Å². The van der Waals surface area contributed by atoms with Crippen molar-refractivity contribution in [2.75, 3.05) is 18.0 Å². The number of aryl methyl sites for hydroxylation is 2. The van der Waals surface area contributed by atoms with E-state index in [1.807, 2.05) is 30.0 Å². The molecule has 4 rings (SSSR count). The Kier molecular flexibility index (Phi) is 5.26. The van der Waals surface area contributed by atoms with Crippen molar-refractivity contribution in [3.63, 3.8) is 0 Å². The Morgan fingerprint density at radius 1 is 1.07 bits per heavy atom. The number of H-pyrrole nitrogens is 1. The van der Waals surface area contributed by atoms with Gasteiger partial charge in [0, 0.05) is 30.5 Å². The summed E-state index contributed by atoms with van der Waals surface area (Å²) in [5, 5.41) is 0. The van der Waals surface area contributed by atoms with Crippen molar-refractivity contribution < 1.29 is 4.79 Å². The monoisotopic (exact) mass is 374 g/mol. The Balaban J connectivity index is 1.59. The summed E-state index contributed by atoms with van der Waals surface area (Å²) in [6, 6.07) is 18.9. The van der Waals surface area contributed by atoms with E-state index in [4.69, 9.17) is 0 Å². The number of carbonyl (C=O) groups excluding carboxylic acids is 1. The molecule has 1 atom stereocenters. The molecule has 2 aromatic carbocycles. The molecule has 1 fully saturated rings. The molecule has 1 aromatic heterocycles. The van der Waals surface area contributed by atoms with E-state index in [-0.39, 0.29) is 11.9 Å². The van der Waals surface area contributed by atoms with Gasteiger partial charge in [-0.05, 0) is 38.0 Å². The number of imidazole rings is 1. The Labute approximate surface area is 166 Å². The van der Waals surface area contributed by atoms with E-state index < -0.39 is 0 Å². The number of anilines is 1. The van der Waals surface area contributed by atoms with E-state index >= 15 is 0 Å². The quantitative estimate of drug-likeness (QED) is 0.744. The molecule has 28 heavy (non-hydrogen) atoms. The molecule has 0 radical (unpaired) electrons. The summed E-state index contributed by atoms with van der Waals surface area (Å²) in [6.07, 6.45) is 2.63. The molecular formula is C23H26N4O. The standard InChI is InChI=1S/C23H26N4O/c1-17-8-10-20(11-9-17)27-13-21(12-19-6-4-3-5-7-19)26(15-23(27)28)14-22-18(2)24-16-25-22/h3-11,16,21H,12-15H2,1-2H3,(H,24,25). The zero-order valence-electron chi connectivity index (χ0n) is 16.4. The van der Waals surface area contributed by atoms with E-state index in [0.29, 0.717) is 19.6 Å². The van der Waals surface area contributed by atoms with Gasteiger partial charge in [0.2, 0.25) is 5.91 Å². The minimum absolute atomic E-state index is 0.140. The maximum atomic E-state index is 13.0. The molecule has 0 saturated carbocycles. The topological polar surface area (TPSA) is 52.2 Å². The number of rotatable bonds is 5. The van der Waals surface area contributed by atoms with Crippen LogP contribution in [0.1, 0.15) is 22.5 Å². The average Bonchev–Trinajstić information content (AvgIpc) is 3.10. The molecule has 1 aliphatic rings. The first-order chi connectivity index (χ1) is 13.6. The van der Waals surface area contributed by atoms with Gasteiger partial charge in [0.15, 0.2) is 0 Å². The van der Waals surface area contributed by atoms with Crippen molar-refractivity contribution in [1.29, 1.82) is 0 Å². The smallest absolute Gasteiger partial charge is 0.241 e. The Hall–Kier alpha value is -2.92. The lowest BCUT2D eigenvalue weighted by molar-refractivity contribution is -0.122. The van der Waals surface area contributed by atoms with Crippen molar-refractivity contribution in [2.24, 2.45) is 0 Å². The van der Waals surface area contributed by atoms with Crippen LogP contribution in [0.25, 0.3) is 0 Å². The first-order valence-corrected chi connectivity index (χ1v) is 9.74. The highest BCUT2D eigenvalue weighted by Crippen LogP contribution is 2.24. The van der Waals surface area contributed by atoms with Crippen LogP contribution in [0.15, 0.2) is 60.9 Å². The van der Waals surface area contributed by atoms with E-state index in [2.05, 4.69) is 58.2 Å². The number of piperazine rings is 1. The maximum absolute atomic E-state index is 13.0. The lowest BCUT2D eigenvalue weighted by Gasteiger charge is -2.41. The van der Waals surface area contributed by atoms with Crippen LogP contribution >= 0.6 is 0 Å². The number of aromatic amines is 1. The lowest BCUT2D eigenvalue weighted by atomic mass is 10.0. The van der Waals surface area contributed by atoms with E-state index in [1.165, 1.54) is 11.1 Å². The van der Waals surface area contributed by atoms with Gasteiger partial charge >= 0.3 is 0 Å². The summed E-state index contributed by atoms with van der Waals surface area (Å²) < 4.78 is 0. The molecule has 1 amide bonds. The maximum Gasteiger partial charge on any atom is 0.241 e. The van der Waals surface area contributed by atoms with E-state index in [9.17, 15) is 4.79 Å². The van der Waals surface area contributed by atoms with Crippen LogP contribution in [0.5, 0.6) is 0 Å². The van der Waals surface area contributed by atoms with Crippen molar-refractivity contribution in [3.8, 4) is 0 Å². The van der Waals surface area contributed by atoms with Crippen molar-refractivity contribution in [3.05, 3.63) is 83.4 Å². The van der Waals surface area contributed by atoms with Crippen LogP contribution in [-0.4, -0.2) is 39.9 Å². The molecule has 0 spiro atoms. The van der Waals surface area contributed by atoms with Crippen LogP contribution in [0.4, 0.5) is 5.69 Å². The summed E-state index contributed by atoms with van der Waals surface area (Å²) in [6.45, 7) is 5.85. The number of aromatic nitrogens is 2. The zero-order chi connectivity index (χ0) is 19.5. The van der Waals surface area contributed by atoms with Crippen molar-refractivity contribution in [2.45, 2.75) is 32.9 Å². The average molecular weight is 374 g/mol. The fourth-order valence-corrected chi connectivity index (χ4v) is 3.79. The fraction of sp³-hybridized carbons (Fsp3) is 0.304. The third kappa shape index (κ3) is 3.99. The second-order valence-corrected chi connectivity index (χ2v) is 7.56. The third-order valence-corrected chi connectivity index (χ3v) is 5.50. The number of hydrogen-bond donors (Lipinski definition) is 1. The minimum Gasteiger partial charge on any atom is -0.348 e. The van der Waals surface area contributed by atoms with Gasteiger partial charge in [0.25, 0.3) is 0 Å². The molecule has 1 unspecified atom stereocenters. The van der Waals surface area contributed by atoms with Crippen LogP contribution in [0.2, 0.25) is 0 Å². The molecule has 1 N–H and O–H groups in total. The number of nitrogens with one attached hydrogen (secondary N) is 1. The second-order valence-electron chi connectivity index (χ2n) is 7.56. The normalized spacial score (nSPS) is 17.9. The summed E-state index contributed by atoms with van der Waals surface area (Å²) in [5.41, 5.74) is 5.53. The lowest BCUT2D eigenvalue weighted by Crippen LogP contribution is -2.56. The van der Waals surface area contributed by atoms with Gasteiger partial charge in [-0.1, -0.05) is 48.0 Å². The number of carbonyl (C=O) groups is 1. The number of nitrogens with zero attached hydrogens (tertiary/aromatic N) is 3. The van der Waals surface area contributed by atoms with Crippen molar-refractivity contribution >= 4 is 11.6 Å². The van der Waals surface area contributed by atoms with Gasteiger partial charge in [-0.2, -0.15) is 0 Å². The minimum atomic E-state index is 0.140. The zero-order valence-corrected chi connectivity index (χ0v) is 16.4. The van der Waals surface area contributed by atoms with Gasteiger partial charge in [0.05, 0.1) is 18.6 Å². The predicted molar refractivity (Wildman–Crippen MR) is 111 cm³/mol. The van der Waals surface area contributed by atoms with E-state index in [1.54, 1.807) is 6.33 Å². The Morgan fingerprint density at radius 3 is 2.50 bits per heavy atom. The van der Waals surface area contributed by atoms with E-state index in [0.717, 1.165) is 23.5 Å². The number of benzene rings is 2. The molecule has 1 saturated heterocycles. The second kappa shape index (κ2) is 7.98. The summed E-state index contributed by atoms with van der Waals surface area (Å²) in [4.78, 5) is 24.7. The molecule has 1 aliphatic heterocycles. The molecule has 5 heteroatoms. The van der Waals surface area contributed by atoms with Crippen LogP contribution < -0.4 is 4.90 Å². The van der Waals surface area contributed by atoms with Crippen molar-refractivity contribution in [1.82, 2.24) is 14.9 Å². The fourth-order valence-electron chi connectivity index (χ4n) is 3.79. The molecule has 2 heterocycles. The summed E-state index contributed by atoms with van der Waals surface area (Å²) in [7, 11) is 0. The van der Waals surface area contributed by atoms with Crippen LogP contribution in [0, 0.1) is 13.8 Å². The first-order valence-electron chi connectivity index (χ1n) is 9.74. The van der Waals surface area contributed by atoms with Gasteiger partial charge in [-0.15, -0.1) is 0 Å². The summed E-state index contributed by atoms with van der Waals surface area (Å²) in [5.74, 6) is 0.140. The Bertz CT molecular complexity index is 933. The molecule has 0 bridgehead atoms. The highest BCUT2D eigenvalue weighted by molar-refractivity contribution is 5.95. The SMILES string of the molecule is Cc1ccc(N2CC(Cc3ccccc3)N(Cc3nc[nH]c3C)CC2=O)cc1. The van der Waals surface area contributed by atoms with Gasteiger partial charge in [-0.3, -0.25) is 9.69 Å². The van der Waals surface area contributed by atoms with Crippen LogP contribution in [0.3, 0.4) is 0 Å². The predicted octanol–water partition coefficient (Wildman–Crippen LogP) is 3.49. The molecular weight excluding hydrogens is 348 g/mol. The number of amides is 1. The molecule has 0 aliphatic carbocycles. The first kappa shape index (κ1) is 18.4. The largest absolute Gasteiger partial charge is 0.348 e. The molecule has 3 aromatic rings. The highest BCUT2D eigenvalue weighted by atomic mass is 16.2. The van der Waals surface area contributed by atoms with Crippen LogP contribution in [-0.2, 0) is 17.8 Å². The van der Waals surface area contributed by atoms with Gasteiger partial charge in [-0.25, -0.2) is 4.98 Å².